The van der Waals surface area contributed by atoms with Crippen LogP contribution in [0.25, 0.3) is 0 Å². The van der Waals surface area contributed by atoms with E-state index in [1.165, 1.54) is 12.3 Å². The molecule has 4 nitrogen and oxygen atoms in total. The van der Waals surface area contributed by atoms with Crippen molar-refractivity contribution >= 4 is 9.84 Å². The van der Waals surface area contributed by atoms with Crippen molar-refractivity contribution in [2.45, 2.75) is 19.4 Å². The number of hydrogen-bond donors (Lipinski definition) is 0. The van der Waals surface area contributed by atoms with Gasteiger partial charge < -0.3 is 4.90 Å². The maximum atomic E-state index is 13.3. The van der Waals surface area contributed by atoms with Crippen LogP contribution < -0.4 is 0 Å². The molecule has 0 radical (unpaired) electrons. The van der Waals surface area contributed by atoms with Gasteiger partial charge >= 0.3 is 0 Å². The van der Waals surface area contributed by atoms with Crippen molar-refractivity contribution < 1.29 is 12.8 Å². The first-order valence-corrected chi connectivity index (χ1v) is 9.81. The summed E-state index contributed by atoms with van der Waals surface area (Å²) in [5.41, 5.74) is 1.01. The maximum Gasteiger partial charge on any atom is 0.147 e. The number of hydrogen-bond acceptors (Lipinski definition) is 4. The molecule has 22 heavy (non-hydrogen) atoms. The first kappa shape index (κ1) is 17.4. The number of benzene rings is 1. The third kappa shape index (κ3) is 5.34. The van der Waals surface area contributed by atoms with E-state index in [4.69, 9.17) is 0 Å². The lowest BCUT2D eigenvalue weighted by Crippen LogP contribution is -2.47. The van der Waals surface area contributed by atoms with Gasteiger partial charge in [0, 0.05) is 38.5 Å². The Labute approximate surface area is 132 Å². The Bertz CT molecular complexity index is 584. The average Bonchev–Trinajstić information content (AvgIpc) is 2.46. The molecule has 124 valence electrons. The van der Waals surface area contributed by atoms with Crippen LogP contribution in [0, 0.1) is 5.82 Å². The lowest BCUT2D eigenvalue weighted by molar-refractivity contribution is 0.102. The summed E-state index contributed by atoms with van der Waals surface area (Å²) in [4.78, 5) is 4.65. The van der Waals surface area contributed by atoms with Gasteiger partial charge in [-0.15, -0.1) is 0 Å². The van der Waals surface area contributed by atoms with Crippen LogP contribution in [0.5, 0.6) is 0 Å². The Morgan fingerprint density at radius 3 is 2.50 bits per heavy atom. The zero-order valence-corrected chi connectivity index (χ0v) is 14.2. The lowest BCUT2D eigenvalue weighted by atomic mass is 10.1. The zero-order chi connectivity index (χ0) is 16.2. The van der Waals surface area contributed by atoms with Gasteiger partial charge in [-0.25, -0.2) is 12.8 Å². The first-order chi connectivity index (χ1) is 10.3. The van der Waals surface area contributed by atoms with E-state index >= 15 is 0 Å². The highest BCUT2D eigenvalue weighted by Crippen LogP contribution is 2.22. The van der Waals surface area contributed by atoms with Crippen molar-refractivity contribution in [1.82, 2.24) is 9.80 Å². The van der Waals surface area contributed by atoms with E-state index in [-0.39, 0.29) is 17.6 Å². The van der Waals surface area contributed by atoms with Crippen molar-refractivity contribution in [3.05, 3.63) is 35.6 Å². The SMILES string of the molecule is C[C@@H](c1cccc(F)c1)N1CCN(CCCS(C)(=O)=O)CC1. The highest BCUT2D eigenvalue weighted by atomic mass is 32.2. The molecular weight excluding hydrogens is 303 g/mol. The number of halogens is 1. The third-order valence-corrected chi connectivity index (χ3v) is 5.31. The largest absolute Gasteiger partial charge is 0.301 e. The van der Waals surface area contributed by atoms with Gasteiger partial charge in [0.2, 0.25) is 0 Å². The van der Waals surface area contributed by atoms with Gasteiger partial charge in [0.25, 0.3) is 0 Å². The molecule has 6 heteroatoms. The van der Waals surface area contributed by atoms with E-state index in [0.717, 1.165) is 38.3 Å². The van der Waals surface area contributed by atoms with E-state index in [1.807, 2.05) is 6.07 Å². The van der Waals surface area contributed by atoms with Crippen LogP contribution in [0.3, 0.4) is 0 Å². The Morgan fingerprint density at radius 1 is 1.23 bits per heavy atom. The summed E-state index contributed by atoms with van der Waals surface area (Å²) in [6, 6.07) is 6.99. The van der Waals surface area contributed by atoms with Crippen molar-refractivity contribution in [2.75, 3.05) is 44.7 Å². The minimum absolute atomic E-state index is 0.191. The number of rotatable bonds is 6. The summed E-state index contributed by atoms with van der Waals surface area (Å²) in [5.74, 6) is 0.0659. The van der Waals surface area contributed by atoms with Gasteiger partial charge in [-0.1, -0.05) is 12.1 Å². The van der Waals surface area contributed by atoms with E-state index in [2.05, 4.69) is 16.7 Å². The maximum absolute atomic E-state index is 13.3. The summed E-state index contributed by atoms with van der Waals surface area (Å²) in [7, 11) is -2.86. The van der Waals surface area contributed by atoms with Crippen LogP contribution in [-0.4, -0.2) is 63.0 Å². The molecule has 1 aromatic rings. The van der Waals surface area contributed by atoms with Crippen LogP contribution in [0.15, 0.2) is 24.3 Å². The highest BCUT2D eigenvalue weighted by molar-refractivity contribution is 7.90. The molecule has 1 atom stereocenters. The topological polar surface area (TPSA) is 40.6 Å². The van der Waals surface area contributed by atoms with Crippen LogP contribution in [-0.2, 0) is 9.84 Å². The smallest absolute Gasteiger partial charge is 0.147 e. The van der Waals surface area contributed by atoms with Gasteiger partial charge in [0.05, 0.1) is 5.75 Å². The molecule has 0 amide bonds. The van der Waals surface area contributed by atoms with Crippen molar-refractivity contribution in [2.24, 2.45) is 0 Å². The molecular formula is C16H25FN2O2S. The number of nitrogens with zero attached hydrogens (tertiary/aromatic N) is 2. The summed E-state index contributed by atoms with van der Waals surface area (Å²) in [6.07, 6.45) is 1.98. The first-order valence-electron chi connectivity index (χ1n) is 7.75. The van der Waals surface area contributed by atoms with Crippen LogP contribution in [0.2, 0.25) is 0 Å². The molecule has 0 saturated carbocycles. The molecule has 0 aliphatic carbocycles. The second-order valence-electron chi connectivity index (χ2n) is 6.09. The Balaban J connectivity index is 1.79. The minimum Gasteiger partial charge on any atom is -0.301 e. The predicted molar refractivity (Wildman–Crippen MR) is 87.2 cm³/mol. The monoisotopic (exact) mass is 328 g/mol. The molecule has 0 bridgehead atoms. The Kier molecular flexibility index (Phi) is 5.94. The van der Waals surface area contributed by atoms with Gasteiger partial charge in [-0.2, -0.15) is 0 Å². The molecule has 0 aromatic heterocycles. The summed E-state index contributed by atoms with van der Waals surface area (Å²) >= 11 is 0. The van der Waals surface area contributed by atoms with Gasteiger partial charge in [0.1, 0.15) is 15.7 Å². The van der Waals surface area contributed by atoms with Crippen molar-refractivity contribution in [1.29, 1.82) is 0 Å². The standard InChI is InChI=1S/C16H25FN2O2S/c1-14(15-5-3-6-16(17)13-15)19-10-8-18(9-11-19)7-4-12-22(2,20)21/h3,5-6,13-14H,4,7-12H2,1-2H3/t14-/m0/s1. The second kappa shape index (κ2) is 7.53. The van der Waals surface area contributed by atoms with Gasteiger partial charge in [-0.3, -0.25) is 4.90 Å². The van der Waals surface area contributed by atoms with E-state index in [1.54, 1.807) is 12.1 Å². The third-order valence-electron chi connectivity index (χ3n) is 4.28. The van der Waals surface area contributed by atoms with Crippen LogP contribution in [0.4, 0.5) is 4.39 Å². The molecule has 1 fully saturated rings. The Hall–Kier alpha value is -0.980. The molecule has 1 heterocycles. The van der Waals surface area contributed by atoms with Crippen LogP contribution >= 0.6 is 0 Å². The van der Waals surface area contributed by atoms with Gasteiger partial charge in [0.15, 0.2) is 0 Å². The van der Waals surface area contributed by atoms with E-state index in [0.29, 0.717) is 6.42 Å². The van der Waals surface area contributed by atoms with Gasteiger partial charge in [-0.05, 0) is 37.6 Å². The summed E-state index contributed by atoms with van der Waals surface area (Å²) in [5, 5.41) is 0. The molecule has 2 rings (SSSR count). The fourth-order valence-electron chi connectivity index (χ4n) is 2.90. The summed E-state index contributed by atoms with van der Waals surface area (Å²) in [6.45, 7) is 6.66. The second-order valence-corrected chi connectivity index (χ2v) is 8.35. The highest BCUT2D eigenvalue weighted by Gasteiger charge is 2.22. The van der Waals surface area contributed by atoms with Crippen molar-refractivity contribution in [3.63, 3.8) is 0 Å². The molecule has 0 unspecified atom stereocenters. The molecule has 0 N–H and O–H groups in total. The minimum atomic E-state index is -2.86. The van der Waals surface area contributed by atoms with E-state index < -0.39 is 9.84 Å². The fraction of sp³-hybridized carbons (Fsp3) is 0.625. The van der Waals surface area contributed by atoms with E-state index in [9.17, 15) is 12.8 Å². The summed E-state index contributed by atoms with van der Waals surface area (Å²) < 4.78 is 35.6. The predicted octanol–water partition coefficient (Wildman–Crippen LogP) is 1.94. The normalized spacial score (nSPS) is 19.2. The molecule has 0 spiro atoms. The fourth-order valence-corrected chi connectivity index (χ4v) is 3.56. The average molecular weight is 328 g/mol. The zero-order valence-electron chi connectivity index (χ0n) is 13.3. The molecule has 1 saturated heterocycles. The Morgan fingerprint density at radius 2 is 1.91 bits per heavy atom. The molecule has 1 aliphatic rings. The number of piperazine rings is 1. The van der Waals surface area contributed by atoms with Crippen molar-refractivity contribution in [3.8, 4) is 0 Å². The molecule has 1 aromatic carbocycles. The van der Waals surface area contributed by atoms with Crippen LogP contribution in [0.1, 0.15) is 24.9 Å². The number of sulfone groups is 1. The lowest BCUT2D eigenvalue weighted by Gasteiger charge is -2.38. The quantitative estimate of drug-likeness (QED) is 0.800. The molecule has 1 aliphatic heterocycles.